The number of nitrogens with one attached hydrogen (secondary N) is 1. The van der Waals surface area contributed by atoms with Crippen molar-refractivity contribution in [3.05, 3.63) is 29.6 Å². The van der Waals surface area contributed by atoms with Crippen LogP contribution in [-0.2, 0) is 0 Å². The van der Waals surface area contributed by atoms with E-state index in [0.717, 1.165) is 12.8 Å². The van der Waals surface area contributed by atoms with Gasteiger partial charge in [0.1, 0.15) is 11.7 Å². The van der Waals surface area contributed by atoms with Gasteiger partial charge in [-0.1, -0.05) is 18.9 Å². The highest BCUT2D eigenvalue weighted by Gasteiger charge is 2.23. The fourth-order valence-corrected chi connectivity index (χ4v) is 3.59. The third-order valence-electron chi connectivity index (χ3n) is 3.58. The Kier molecular flexibility index (Phi) is 3.87. The number of aromatic nitrogens is 4. The molecular weight excluding hydrogens is 291 g/mol. The number of rotatable bonds is 4. The molecule has 0 bridgehead atoms. The Balaban J connectivity index is 1.93. The summed E-state index contributed by atoms with van der Waals surface area (Å²) in [6, 6.07) is 4.91. The lowest BCUT2D eigenvalue weighted by Crippen LogP contribution is -2.15. The number of nitrogens with two attached hydrogens (primary N) is 1. The van der Waals surface area contributed by atoms with Gasteiger partial charge in [0.25, 0.3) is 0 Å². The van der Waals surface area contributed by atoms with E-state index in [-0.39, 0.29) is 11.4 Å². The first-order chi connectivity index (χ1) is 10.2. The summed E-state index contributed by atoms with van der Waals surface area (Å²) in [4.78, 5) is 0.552. The normalized spacial score (nSPS) is 15.5. The molecule has 1 aliphatic rings. The van der Waals surface area contributed by atoms with Crippen molar-refractivity contribution in [2.45, 2.75) is 41.8 Å². The second kappa shape index (κ2) is 5.80. The van der Waals surface area contributed by atoms with E-state index in [9.17, 15) is 4.39 Å². The Morgan fingerprint density at radius 1 is 1.38 bits per heavy atom. The van der Waals surface area contributed by atoms with Crippen LogP contribution < -0.4 is 5.73 Å². The summed E-state index contributed by atoms with van der Waals surface area (Å²) in [6.45, 7) is 0. The van der Waals surface area contributed by atoms with Gasteiger partial charge in [-0.2, -0.15) is 0 Å². The number of nitrogens with zero attached hydrogens (tertiary/aromatic N) is 4. The van der Waals surface area contributed by atoms with Crippen LogP contribution in [0.2, 0.25) is 0 Å². The van der Waals surface area contributed by atoms with Gasteiger partial charge in [-0.25, -0.2) is 9.07 Å². The van der Waals surface area contributed by atoms with Gasteiger partial charge >= 0.3 is 0 Å². The van der Waals surface area contributed by atoms with E-state index in [2.05, 4.69) is 15.5 Å². The number of amidine groups is 1. The number of hydrogen-bond acceptors (Lipinski definition) is 5. The van der Waals surface area contributed by atoms with Gasteiger partial charge in [0, 0.05) is 4.90 Å². The number of halogens is 1. The van der Waals surface area contributed by atoms with Gasteiger partial charge in [-0.3, -0.25) is 5.41 Å². The molecular formula is C13H15FN6S. The van der Waals surface area contributed by atoms with Crippen LogP contribution in [0.15, 0.2) is 28.3 Å². The Labute approximate surface area is 125 Å². The molecule has 0 aliphatic heterocycles. The maximum atomic E-state index is 13.8. The molecule has 0 radical (unpaired) electrons. The molecule has 1 aromatic heterocycles. The summed E-state index contributed by atoms with van der Waals surface area (Å²) in [5.74, 6) is -0.803. The molecule has 0 amide bonds. The molecule has 1 saturated carbocycles. The lowest BCUT2D eigenvalue weighted by Gasteiger charge is -2.12. The topological polar surface area (TPSA) is 93.5 Å². The lowest BCUT2D eigenvalue weighted by atomic mass is 10.2. The minimum atomic E-state index is -0.507. The van der Waals surface area contributed by atoms with E-state index in [1.807, 2.05) is 0 Å². The molecule has 3 rings (SSSR count). The predicted molar refractivity (Wildman–Crippen MR) is 76.9 cm³/mol. The molecule has 110 valence electrons. The largest absolute Gasteiger partial charge is 0.384 e. The van der Waals surface area contributed by atoms with Gasteiger partial charge < -0.3 is 5.73 Å². The predicted octanol–water partition coefficient (Wildman–Crippen LogP) is 2.36. The lowest BCUT2D eigenvalue weighted by molar-refractivity contribution is 0.423. The van der Waals surface area contributed by atoms with Crippen LogP contribution in [0.5, 0.6) is 0 Å². The number of hydrogen-bond donors (Lipinski definition) is 2. The first-order valence-corrected chi connectivity index (χ1v) is 7.57. The molecule has 6 nitrogen and oxygen atoms in total. The van der Waals surface area contributed by atoms with Crippen LogP contribution in [0.3, 0.4) is 0 Å². The zero-order valence-corrected chi connectivity index (χ0v) is 12.1. The number of benzene rings is 1. The Hall–Kier alpha value is -1.96. The van der Waals surface area contributed by atoms with E-state index >= 15 is 0 Å². The van der Waals surface area contributed by atoms with E-state index < -0.39 is 5.82 Å². The molecule has 1 heterocycles. The highest BCUT2D eigenvalue weighted by atomic mass is 32.2. The maximum Gasteiger partial charge on any atom is 0.214 e. The van der Waals surface area contributed by atoms with Crippen LogP contribution in [0.25, 0.3) is 0 Å². The molecule has 1 aliphatic carbocycles. The van der Waals surface area contributed by atoms with E-state index in [4.69, 9.17) is 11.1 Å². The van der Waals surface area contributed by atoms with Crippen molar-refractivity contribution in [1.82, 2.24) is 20.2 Å². The fourth-order valence-electron chi connectivity index (χ4n) is 2.58. The van der Waals surface area contributed by atoms with Gasteiger partial charge in [-0.15, -0.1) is 5.10 Å². The molecule has 21 heavy (non-hydrogen) atoms. The number of nitrogen functional groups attached to an aromatic ring is 1. The Bertz CT molecular complexity index is 664. The first-order valence-electron chi connectivity index (χ1n) is 6.75. The second-order valence-electron chi connectivity index (χ2n) is 4.97. The molecule has 2 aromatic rings. The molecule has 0 spiro atoms. The minimum Gasteiger partial charge on any atom is -0.384 e. The average Bonchev–Trinajstić information content (AvgIpc) is 3.08. The molecule has 3 N–H and O–H groups in total. The molecule has 1 aromatic carbocycles. The Morgan fingerprint density at radius 3 is 2.86 bits per heavy atom. The highest BCUT2D eigenvalue weighted by molar-refractivity contribution is 7.99. The van der Waals surface area contributed by atoms with Gasteiger partial charge in [0.2, 0.25) is 5.16 Å². The summed E-state index contributed by atoms with van der Waals surface area (Å²) >= 11 is 1.24. The molecule has 0 saturated heterocycles. The van der Waals surface area contributed by atoms with Crippen molar-refractivity contribution >= 4 is 17.6 Å². The van der Waals surface area contributed by atoms with E-state index in [0.29, 0.717) is 16.1 Å². The van der Waals surface area contributed by atoms with Crippen LogP contribution in [0.4, 0.5) is 4.39 Å². The van der Waals surface area contributed by atoms with E-state index in [1.54, 1.807) is 16.8 Å². The van der Waals surface area contributed by atoms with Crippen LogP contribution in [0, 0.1) is 11.2 Å². The summed E-state index contributed by atoms with van der Waals surface area (Å²) < 4.78 is 15.6. The van der Waals surface area contributed by atoms with Crippen LogP contribution in [0.1, 0.15) is 37.3 Å². The molecule has 8 heteroatoms. The molecule has 0 atom stereocenters. The Morgan fingerprint density at radius 2 is 2.14 bits per heavy atom. The van der Waals surface area contributed by atoms with E-state index in [1.165, 1.54) is 30.7 Å². The fraction of sp³-hybridized carbons (Fsp3) is 0.385. The monoisotopic (exact) mass is 306 g/mol. The first kappa shape index (κ1) is 14.0. The van der Waals surface area contributed by atoms with Crippen molar-refractivity contribution in [2.24, 2.45) is 5.73 Å². The van der Waals surface area contributed by atoms with Crippen molar-refractivity contribution in [1.29, 1.82) is 5.41 Å². The van der Waals surface area contributed by atoms with Crippen molar-refractivity contribution < 1.29 is 4.39 Å². The maximum absolute atomic E-state index is 13.8. The van der Waals surface area contributed by atoms with Crippen LogP contribution in [-0.4, -0.2) is 26.0 Å². The smallest absolute Gasteiger partial charge is 0.214 e. The van der Waals surface area contributed by atoms with Crippen molar-refractivity contribution in [2.75, 3.05) is 0 Å². The third-order valence-corrected chi connectivity index (χ3v) is 4.59. The molecule has 1 fully saturated rings. The zero-order chi connectivity index (χ0) is 14.8. The van der Waals surface area contributed by atoms with Crippen LogP contribution >= 0.6 is 11.8 Å². The summed E-state index contributed by atoms with van der Waals surface area (Å²) in [7, 11) is 0. The SMILES string of the molecule is N=C(N)c1c(F)cccc1Sc1nnnn1C1CCCC1. The molecule has 0 unspecified atom stereocenters. The summed E-state index contributed by atoms with van der Waals surface area (Å²) in [5, 5.41) is 19.9. The van der Waals surface area contributed by atoms with Crippen molar-refractivity contribution in [3.63, 3.8) is 0 Å². The average molecular weight is 306 g/mol. The number of tetrazole rings is 1. The standard InChI is InChI=1S/C13H15FN6S/c14-9-6-3-7-10(11(9)12(15)16)21-13-17-18-19-20(13)8-4-1-2-5-8/h3,6-8H,1-2,4-5H2,(H3,15,16). The van der Waals surface area contributed by atoms with Crippen molar-refractivity contribution in [3.8, 4) is 0 Å². The third kappa shape index (κ3) is 2.76. The van der Waals surface area contributed by atoms with Gasteiger partial charge in [0.15, 0.2) is 0 Å². The highest BCUT2D eigenvalue weighted by Crippen LogP contribution is 2.35. The van der Waals surface area contributed by atoms with Gasteiger partial charge in [0.05, 0.1) is 11.6 Å². The van der Waals surface area contributed by atoms with Gasteiger partial charge in [-0.05, 0) is 47.2 Å². The summed E-state index contributed by atoms with van der Waals surface area (Å²) in [5.41, 5.74) is 5.58. The quantitative estimate of drug-likeness (QED) is 0.668. The zero-order valence-electron chi connectivity index (χ0n) is 11.3. The summed E-state index contributed by atoms with van der Waals surface area (Å²) in [6.07, 6.45) is 4.46. The minimum absolute atomic E-state index is 0.100. The second-order valence-corrected chi connectivity index (χ2v) is 5.98.